The van der Waals surface area contributed by atoms with Crippen LogP contribution >= 0.6 is 0 Å². The van der Waals surface area contributed by atoms with Gasteiger partial charge in [0.1, 0.15) is 5.82 Å². The normalized spacial score (nSPS) is 27.0. The lowest BCUT2D eigenvalue weighted by molar-refractivity contribution is 0.0633. The van der Waals surface area contributed by atoms with E-state index >= 15 is 0 Å². The van der Waals surface area contributed by atoms with Gasteiger partial charge in [-0.1, -0.05) is 19.3 Å². The Morgan fingerprint density at radius 1 is 1.35 bits per heavy atom. The first-order chi connectivity index (χ1) is 9.69. The van der Waals surface area contributed by atoms with Crippen molar-refractivity contribution >= 4 is 0 Å². The van der Waals surface area contributed by atoms with E-state index in [0.29, 0.717) is 11.6 Å². The van der Waals surface area contributed by atoms with Crippen LogP contribution in [0.2, 0.25) is 0 Å². The Kier molecular flexibility index (Phi) is 4.13. The molecule has 1 atom stereocenters. The van der Waals surface area contributed by atoms with Gasteiger partial charge >= 0.3 is 0 Å². The van der Waals surface area contributed by atoms with Crippen LogP contribution in [0.25, 0.3) is 0 Å². The Bertz CT molecular complexity index is 433. The number of piperazine rings is 1. The summed E-state index contributed by atoms with van der Waals surface area (Å²) in [6.07, 6.45) is 11.9. The Hall–Kier alpha value is -0.870. The van der Waals surface area contributed by atoms with E-state index in [1.807, 2.05) is 12.4 Å². The quantitative estimate of drug-likeness (QED) is 0.916. The summed E-state index contributed by atoms with van der Waals surface area (Å²) in [6, 6.07) is 0.641. The third-order valence-electron chi connectivity index (χ3n) is 5.26. The first-order valence-corrected chi connectivity index (χ1v) is 8.14. The lowest BCUT2D eigenvalue weighted by Gasteiger charge is -2.49. The number of imidazole rings is 1. The molecule has 20 heavy (non-hydrogen) atoms. The van der Waals surface area contributed by atoms with Gasteiger partial charge in [0.2, 0.25) is 0 Å². The first-order valence-electron chi connectivity index (χ1n) is 8.14. The summed E-state index contributed by atoms with van der Waals surface area (Å²) >= 11 is 0. The fraction of sp³-hybridized carbons (Fsp3) is 0.812. The predicted molar refractivity (Wildman–Crippen MR) is 81.8 cm³/mol. The SMILES string of the molecule is CC1CNC2(CCCCC2)CN1CCc1nccn1C. The minimum Gasteiger partial charge on any atom is -0.338 e. The fourth-order valence-electron chi connectivity index (χ4n) is 3.84. The monoisotopic (exact) mass is 276 g/mol. The molecule has 1 aliphatic carbocycles. The Morgan fingerprint density at radius 2 is 2.15 bits per heavy atom. The van der Waals surface area contributed by atoms with E-state index in [0.717, 1.165) is 19.5 Å². The van der Waals surface area contributed by atoms with Crippen LogP contribution in [0.5, 0.6) is 0 Å². The Balaban J connectivity index is 1.60. The average molecular weight is 276 g/mol. The van der Waals surface area contributed by atoms with E-state index in [-0.39, 0.29) is 0 Å². The van der Waals surface area contributed by atoms with Crippen molar-refractivity contribution < 1.29 is 0 Å². The van der Waals surface area contributed by atoms with Crippen LogP contribution < -0.4 is 5.32 Å². The molecule has 1 saturated carbocycles. The number of hydrogen-bond donors (Lipinski definition) is 1. The molecule has 1 saturated heterocycles. The highest BCUT2D eigenvalue weighted by atomic mass is 15.3. The molecular formula is C16H28N4. The summed E-state index contributed by atoms with van der Waals surface area (Å²) in [5.41, 5.74) is 0.409. The highest BCUT2D eigenvalue weighted by molar-refractivity contribution is 5.00. The van der Waals surface area contributed by atoms with Gasteiger partial charge in [0.05, 0.1) is 0 Å². The van der Waals surface area contributed by atoms with Crippen molar-refractivity contribution in [3.05, 3.63) is 18.2 Å². The maximum atomic E-state index is 4.45. The molecule has 4 heteroatoms. The molecule has 1 aliphatic heterocycles. The molecule has 0 amide bonds. The standard InChI is InChI=1S/C16H28N4/c1-14-12-18-16(7-4-3-5-8-16)13-20(14)10-6-15-17-9-11-19(15)2/h9,11,14,18H,3-8,10,12-13H2,1-2H3. The average Bonchev–Trinajstić information content (AvgIpc) is 2.87. The zero-order valence-electron chi connectivity index (χ0n) is 12.9. The second-order valence-corrected chi connectivity index (χ2v) is 6.75. The van der Waals surface area contributed by atoms with Crippen molar-refractivity contribution in [2.45, 2.75) is 57.0 Å². The molecule has 2 aliphatic rings. The number of nitrogens with zero attached hydrogens (tertiary/aromatic N) is 3. The number of nitrogens with one attached hydrogen (secondary N) is 1. The molecule has 3 rings (SSSR count). The molecular weight excluding hydrogens is 248 g/mol. The van der Waals surface area contributed by atoms with E-state index in [1.165, 1.54) is 44.5 Å². The van der Waals surface area contributed by atoms with Gasteiger partial charge in [-0.15, -0.1) is 0 Å². The Morgan fingerprint density at radius 3 is 2.85 bits per heavy atom. The molecule has 1 N–H and O–H groups in total. The molecule has 0 aromatic carbocycles. The van der Waals surface area contributed by atoms with Crippen LogP contribution in [0.3, 0.4) is 0 Å². The predicted octanol–water partition coefficient (Wildman–Crippen LogP) is 1.96. The van der Waals surface area contributed by atoms with Crippen LogP contribution in [-0.2, 0) is 13.5 Å². The van der Waals surface area contributed by atoms with Gasteiger partial charge in [0.25, 0.3) is 0 Å². The smallest absolute Gasteiger partial charge is 0.109 e. The molecule has 0 bridgehead atoms. The largest absolute Gasteiger partial charge is 0.338 e. The van der Waals surface area contributed by atoms with Crippen molar-refractivity contribution in [1.29, 1.82) is 0 Å². The molecule has 1 spiro atoms. The van der Waals surface area contributed by atoms with Crippen LogP contribution in [0, 0.1) is 0 Å². The molecule has 0 radical (unpaired) electrons. The maximum absolute atomic E-state index is 4.45. The van der Waals surface area contributed by atoms with Gasteiger partial charge in [0, 0.05) is 57.1 Å². The van der Waals surface area contributed by atoms with Gasteiger partial charge in [0.15, 0.2) is 0 Å². The van der Waals surface area contributed by atoms with Crippen molar-refractivity contribution in [3.8, 4) is 0 Å². The van der Waals surface area contributed by atoms with Gasteiger partial charge in [-0.25, -0.2) is 4.98 Å². The topological polar surface area (TPSA) is 33.1 Å². The highest BCUT2D eigenvalue weighted by Gasteiger charge is 2.38. The molecule has 2 fully saturated rings. The van der Waals surface area contributed by atoms with Crippen LogP contribution in [0.4, 0.5) is 0 Å². The van der Waals surface area contributed by atoms with Crippen LogP contribution in [-0.4, -0.2) is 45.7 Å². The summed E-state index contributed by atoms with van der Waals surface area (Å²) in [7, 11) is 2.09. The summed E-state index contributed by atoms with van der Waals surface area (Å²) in [5, 5.41) is 3.86. The molecule has 2 heterocycles. The van der Waals surface area contributed by atoms with Crippen LogP contribution in [0.15, 0.2) is 12.4 Å². The van der Waals surface area contributed by atoms with Crippen molar-refractivity contribution in [2.24, 2.45) is 7.05 Å². The van der Waals surface area contributed by atoms with E-state index < -0.39 is 0 Å². The van der Waals surface area contributed by atoms with Gasteiger partial charge < -0.3 is 9.88 Å². The Labute approximate surface area is 122 Å². The van der Waals surface area contributed by atoms with Gasteiger partial charge in [-0.05, 0) is 19.8 Å². The van der Waals surface area contributed by atoms with Crippen LogP contribution in [0.1, 0.15) is 44.9 Å². The molecule has 1 aromatic heterocycles. The summed E-state index contributed by atoms with van der Waals surface area (Å²) < 4.78 is 2.14. The number of hydrogen-bond acceptors (Lipinski definition) is 3. The van der Waals surface area contributed by atoms with Crippen molar-refractivity contribution in [3.63, 3.8) is 0 Å². The summed E-state index contributed by atoms with van der Waals surface area (Å²) in [5.74, 6) is 1.20. The van der Waals surface area contributed by atoms with E-state index in [2.05, 4.69) is 33.7 Å². The fourth-order valence-corrected chi connectivity index (χ4v) is 3.84. The van der Waals surface area contributed by atoms with E-state index in [9.17, 15) is 0 Å². The highest BCUT2D eigenvalue weighted by Crippen LogP contribution is 2.31. The second-order valence-electron chi connectivity index (χ2n) is 6.75. The number of rotatable bonds is 3. The van der Waals surface area contributed by atoms with E-state index in [1.54, 1.807) is 0 Å². The molecule has 1 unspecified atom stereocenters. The molecule has 112 valence electrons. The number of aryl methyl sites for hydroxylation is 1. The minimum atomic E-state index is 0.409. The lowest BCUT2D eigenvalue weighted by atomic mass is 9.79. The lowest BCUT2D eigenvalue weighted by Crippen LogP contribution is -2.64. The third-order valence-corrected chi connectivity index (χ3v) is 5.26. The summed E-state index contributed by atoms with van der Waals surface area (Å²) in [6.45, 7) is 5.84. The molecule has 1 aromatic rings. The van der Waals surface area contributed by atoms with Crippen molar-refractivity contribution in [2.75, 3.05) is 19.6 Å². The first kappa shape index (κ1) is 14.1. The summed E-state index contributed by atoms with van der Waals surface area (Å²) in [4.78, 5) is 7.13. The van der Waals surface area contributed by atoms with Crippen molar-refractivity contribution in [1.82, 2.24) is 19.8 Å². The van der Waals surface area contributed by atoms with Gasteiger partial charge in [-0.3, -0.25) is 4.90 Å². The van der Waals surface area contributed by atoms with Gasteiger partial charge in [-0.2, -0.15) is 0 Å². The maximum Gasteiger partial charge on any atom is 0.109 e. The third kappa shape index (κ3) is 2.91. The zero-order valence-corrected chi connectivity index (χ0v) is 12.9. The number of aromatic nitrogens is 2. The molecule has 4 nitrogen and oxygen atoms in total. The minimum absolute atomic E-state index is 0.409. The second kappa shape index (κ2) is 5.86. The zero-order chi connectivity index (χ0) is 14.0. The van der Waals surface area contributed by atoms with E-state index in [4.69, 9.17) is 0 Å².